The maximum atomic E-state index is 12.1. The predicted octanol–water partition coefficient (Wildman–Crippen LogP) is 2.34. The van der Waals surface area contributed by atoms with Gasteiger partial charge in [0.15, 0.2) is 0 Å². The summed E-state index contributed by atoms with van der Waals surface area (Å²) < 4.78 is 5.33. The number of rotatable bonds is 2. The third-order valence-electron chi connectivity index (χ3n) is 4.46. The summed E-state index contributed by atoms with van der Waals surface area (Å²) in [5.74, 6) is -0.824. The van der Waals surface area contributed by atoms with Crippen LogP contribution in [0.25, 0.3) is 0 Å². The Bertz CT molecular complexity index is 665. The molecule has 0 fully saturated rings. The van der Waals surface area contributed by atoms with Crippen molar-refractivity contribution in [1.29, 1.82) is 0 Å². The van der Waals surface area contributed by atoms with Crippen LogP contribution in [0.15, 0.2) is 18.2 Å². The Morgan fingerprint density at radius 2 is 2.00 bits per heavy atom. The van der Waals surface area contributed by atoms with Gasteiger partial charge in [-0.1, -0.05) is 18.2 Å². The largest absolute Gasteiger partial charge is 0.480 e. The smallest absolute Gasteiger partial charge is 0.407 e. The quantitative estimate of drug-likeness (QED) is 0.869. The number of amides is 1. The molecule has 1 aromatic carbocycles. The lowest BCUT2D eigenvalue weighted by Crippen LogP contribution is -2.48. The number of carbonyl (C=O) groups excluding carboxylic acids is 1. The highest BCUT2D eigenvalue weighted by Crippen LogP contribution is 2.38. The van der Waals surface area contributed by atoms with E-state index in [9.17, 15) is 14.7 Å². The van der Waals surface area contributed by atoms with Crippen molar-refractivity contribution < 1.29 is 19.4 Å². The molecular formula is C18H24N2O4. The number of aliphatic carboxylic acids is 1. The van der Waals surface area contributed by atoms with E-state index in [1.807, 2.05) is 43.9 Å². The summed E-state index contributed by atoms with van der Waals surface area (Å²) in [6.45, 7) is 5.95. The number of nitrogens with zero attached hydrogens (tertiary/aromatic N) is 1. The SMILES string of the molecule is CC(C)(C)OC(=O)N[C@H]1CCc2cccc3c2N(C1)[C@H](C(=O)O)C3. The highest BCUT2D eigenvalue weighted by molar-refractivity contribution is 5.83. The molecule has 6 nitrogen and oxygen atoms in total. The number of nitrogens with one attached hydrogen (secondary N) is 1. The van der Waals surface area contributed by atoms with Gasteiger partial charge in [0.25, 0.3) is 0 Å². The van der Waals surface area contributed by atoms with Gasteiger partial charge in [-0.15, -0.1) is 0 Å². The van der Waals surface area contributed by atoms with Gasteiger partial charge < -0.3 is 20.1 Å². The molecular weight excluding hydrogens is 308 g/mol. The summed E-state index contributed by atoms with van der Waals surface area (Å²) in [7, 11) is 0. The van der Waals surface area contributed by atoms with E-state index in [-0.39, 0.29) is 6.04 Å². The molecule has 2 aliphatic rings. The van der Waals surface area contributed by atoms with Gasteiger partial charge in [0.1, 0.15) is 11.6 Å². The average Bonchev–Trinajstić information content (AvgIpc) is 2.72. The van der Waals surface area contributed by atoms with E-state index in [4.69, 9.17) is 4.74 Å². The first kappa shape index (κ1) is 16.6. The maximum Gasteiger partial charge on any atom is 0.407 e. The van der Waals surface area contributed by atoms with Crippen molar-refractivity contribution in [2.75, 3.05) is 11.4 Å². The van der Waals surface area contributed by atoms with Gasteiger partial charge in [0.05, 0.1) is 6.04 Å². The molecule has 0 saturated heterocycles. The number of aryl methyl sites for hydroxylation is 1. The third kappa shape index (κ3) is 3.32. The minimum absolute atomic E-state index is 0.139. The van der Waals surface area contributed by atoms with Crippen molar-refractivity contribution >= 4 is 17.7 Å². The summed E-state index contributed by atoms with van der Waals surface area (Å²) in [4.78, 5) is 25.6. The van der Waals surface area contributed by atoms with Gasteiger partial charge in [0.2, 0.25) is 0 Å². The fourth-order valence-corrected chi connectivity index (χ4v) is 3.54. The van der Waals surface area contributed by atoms with Crippen LogP contribution < -0.4 is 10.2 Å². The van der Waals surface area contributed by atoms with E-state index < -0.39 is 23.7 Å². The molecule has 0 saturated carbocycles. The number of hydrogen-bond acceptors (Lipinski definition) is 4. The first-order valence-electron chi connectivity index (χ1n) is 8.34. The van der Waals surface area contributed by atoms with Crippen LogP contribution in [0.1, 0.15) is 38.3 Å². The Hall–Kier alpha value is -2.24. The number of carboxylic acid groups (broad SMARTS) is 1. The fraction of sp³-hybridized carbons (Fsp3) is 0.556. The predicted molar refractivity (Wildman–Crippen MR) is 90.4 cm³/mol. The van der Waals surface area contributed by atoms with E-state index in [1.54, 1.807) is 0 Å². The average molecular weight is 332 g/mol. The highest BCUT2D eigenvalue weighted by atomic mass is 16.6. The van der Waals surface area contributed by atoms with E-state index in [0.717, 1.165) is 29.7 Å². The summed E-state index contributed by atoms with van der Waals surface area (Å²) >= 11 is 0. The van der Waals surface area contributed by atoms with Crippen LogP contribution in [0.5, 0.6) is 0 Å². The highest BCUT2D eigenvalue weighted by Gasteiger charge is 2.38. The van der Waals surface area contributed by atoms with Gasteiger partial charge in [-0.05, 0) is 44.7 Å². The summed E-state index contributed by atoms with van der Waals surface area (Å²) in [5.41, 5.74) is 2.73. The van der Waals surface area contributed by atoms with Crippen LogP contribution in [-0.4, -0.2) is 41.4 Å². The normalized spacial score (nSPS) is 22.5. The Labute approximate surface area is 141 Å². The first-order valence-corrected chi connectivity index (χ1v) is 8.34. The van der Waals surface area contributed by atoms with Gasteiger partial charge in [0, 0.05) is 18.7 Å². The van der Waals surface area contributed by atoms with E-state index >= 15 is 0 Å². The van der Waals surface area contributed by atoms with Gasteiger partial charge in [-0.3, -0.25) is 0 Å². The molecule has 2 aliphatic heterocycles. The Balaban J connectivity index is 1.80. The molecule has 6 heteroatoms. The van der Waals surface area contributed by atoms with Crippen LogP contribution in [0, 0.1) is 0 Å². The molecule has 2 heterocycles. The molecule has 1 aromatic rings. The first-order chi connectivity index (χ1) is 11.2. The lowest BCUT2D eigenvalue weighted by molar-refractivity contribution is -0.138. The molecule has 130 valence electrons. The third-order valence-corrected chi connectivity index (χ3v) is 4.46. The van der Waals surface area contributed by atoms with Crippen molar-refractivity contribution in [3.8, 4) is 0 Å². The topological polar surface area (TPSA) is 78.9 Å². The van der Waals surface area contributed by atoms with Crippen molar-refractivity contribution in [3.63, 3.8) is 0 Å². The zero-order valence-electron chi connectivity index (χ0n) is 14.3. The van der Waals surface area contributed by atoms with Crippen LogP contribution >= 0.6 is 0 Å². The number of benzene rings is 1. The monoisotopic (exact) mass is 332 g/mol. The zero-order chi connectivity index (χ0) is 17.5. The zero-order valence-corrected chi connectivity index (χ0v) is 14.3. The van der Waals surface area contributed by atoms with E-state index in [1.165, 1.54) is 0 Å². The number of ether oxygens (including phenoxy) is 1. The summed E-state index contributed by atoms with van der Waals surface area (Å²) in [5, 5.41) is 12.5. The van der Waals surface area contributed by atoms with Crippen molar-refractivity contribution in [2.45, 2.75) is 57.7 Å². The van der Waals surface area contributed by atoms with Crippen molar-refractivity contribution in [2.24, 2.45) is 0 Å². The van der Waals surface area contributed by atoms with Crippen LogP contribution in [0.3, 0.4) is 0 Å². The Morgan fingerprint density at radius 3 is 2.67 bits per heavy atom. The number of hydrogen-bond donors (Lipinski definition) is 2. The Morgan fingerprint density at radius 1 is 1.29 bits per heavy atom. The van der Waals surface area contributed by atoms with Crippen LogP contribution in [0.4, 0.5) is 10.5 Å². The number of anilines is 1. The Kier molecular flexibility index (Phi) is 4.15. The minimum Gasteiger partial charge on any atom is -0.480 e. The lowest BCUT2D eigenvalue weighted by Gasteiger charge is -2.29. The minimum atomic E-state index is -0.824. The molecule has 0 aliphatic carbocycles. The van der Waals surface area contributed by atoms with Crippen molar-refractivity contribution in [1.82, 2.24) is 5.32 Å². The lowest BCUT2D eigenvalue weighted by atomic mass is 10.0. The molecule has 0 radical (unpaired) electrons. The molecule has 2 atom stereocenters. The fourth-order valence-electron chi connectivity index (χ4n) is 3.54. The van der Waals surface area contributed by atoms with Crippen LogP contribution in [0.2, 0.25) is 0 Å². The second-order valence-electron chi connectivity index (χ2n) is 7.52. The van der Waals surface area contributed by atoms with Crippen molar-refractivity contribution in [3.05, 3.63) is 29.3 Å². The molecule has 0 bridgehead atoms. The second kappa shape index (κ2) is 6.00. The van der Waals surface area contributed by atoms with Gasteiger partial charge in [-0.2, -0.15) is 0 Å². The molecule has 0 unspecified atom stereocenters. The summed E-state index contributed by atoms with van der Waals surface area (Å²) in [6, 6.07) is 5.32. The second-order valence-corrected chi connectivity index (χ2v) is 7.52. The number of carboxylic acids is 1. The van der Waals surface area contributed by atoms with Gasteiger partial charge >= 0.3 is 12.1 Å². The number of carbonyl (C=O) groups is 2. The van der Waals surface area contributed by atoms with Gasteiger partial charge in [-0.25, -0.2) is 9.59 Å². The molecule has 0 aromatic heterocycles. The molecule has 3 rings (SSSR count). The van der Waals surface area contributed by atoms with E-state index in [2.05, 4.69) is 5.32 Å². The molecule has 2 N–H and O–H groups in total. The van der Waals surface area contributed by atoms with Crippen LogP contribution in [-0.2, 0) is 22.4 Å². The van der Waals surface area contributed by atoms with E-state index in [0.29, 0.717) is 13.0 Å². The molecule has 1 amide bonds. The standard InChI is InChI=1S/C18H24N2O4/c1-18(2,3)24-17(23)19-13-8-7-11-5-4-6-12-9-14(16(21)22)20(10-13)15(11)12/h4-6,13-14H,7-10H2,1-3H3,(H,19,23)(H,21,22)/t13-,14-/m0/s1. The summed E-state index contributed by atoms with van der Waals surface area (Å²) in [6.07, 6.45) is 1.63. The number of para-hydroxylation sites is 1. The molecule has 0 spiro atoms. The molecule has 24 heavy (non-hydrogen) atoms. The maximum absolute atomic E-state index is 12.1. The number of alkyl carbamates (subject to hydrolysis) is 1.